The lowest BCUT2D eigenvalue weighted by Crippen LogP contribution is -2.03. The molecule has 0 fully saturated rings. The molecule has 0 aliphatic rings. The van der Waals surface area contributed by atoms with Gasteiger partial charge >= 0.3 is 7.60 Å². The molecular weight excluding hydrogens is 330 g/mol. The molecule has 122 valence electrons. The first-order valence-corrected chi connectivity index (χ1v) is 9.36. The lowest BCUT2D eigenvalue weighted by Gasteiger charge is -2.03. The molecule has 22 heavy (non-hydrogen) atoms. The minimum absolute atomic E-state index is 0.0647. The summed E-state index contributed by atoms with van der Waals surface area (Å²) < 4.78 is 25.3. The van der Waals surface area contributed by atoms with Crippen molar-refractivity contribution in [3.05, 3.63) is 28.4 Å². The summed E-state index contributed by atoms with van der Waals surface area (Å²) >= 11 is 0.901. The van der Waals surface area contributed by atoms with Crippen molar-refractivity contribution in [1.82, 2.24) is 0 Å². The smallest absolute Gasteiger partial charge is 0.333 e. The molecule has 0 unspecified atom stereocenters. The maximum absolute atomic E-state index is 14.1. The molecule has 3 N–H and O–H groups in total. The Hall–Kier alpha value is -1.27. The highest BCUT2D eigenvalue weighted by atomic mass is 32.1. The van der Waals surface area contributed by atoms with Crippen molar-refractivity contribution >= 4 is 34.8 Å². The van der Waals surface area contributed by atoms with E-state index in [-0.39, 0.29) is 21.6 Å². The number of aromatic hydroxyl groups is 1. The standard InChI is InChI=1S/C12H12FO5PS.C2H6/c1-2-6-8(14)4-10-7(12(6)13)3-11(20-10)9(15)5-19(16,17)18;1-2/h3-4,14H,2,5H2,1H3,(H2,16,17,18);1-2H3. The first kappa shape index (κ1) is 18.8. The molecule has 0 amide bonds. The number of hydrogen-bond acceptors (Lipinski definition) is 4. The normalized spacial score (nSPS) is 11.2. The largest absolute Gasteiger partial charge is 0.508 e. The zero-order chi connectivity index (χ0) is 17.1. The number of phenolic OH excluding ortho intramolecular Hbond substituents is 1. The molecule has 5 nitrogen and oxygen atoms in total. The third kappa shape index (κ3) is 4.14. The van der Waals surface area contributed by atoms with Crippen LogP contribution in [0.5, 0.6) is 5.75 Å². The molecule has 2 aromatic rings. The van der Waals surface area contributed by atoms with Crippen LogP contribution in [0.3, 0.4) is 0 Å². The van der Waals surface area contributed by atoms with E-state index in [9.17, 15) is 18.9 Å². The summed E-state index contributed by atoms with van der Waals surface area (Å²) in [5.41, 5.74) is 0.157. The van der Waals surface area contributed by atoms with E-state index in [0.717, 1.165) is 11.3 Å². The monoisotopic (exact) mass is 348 g/mol. The molecule has 1 aromatic carbocycles. The number of fused-ring (bicyclic) bond motifs is 1. The molecule has 0 spiro atoms. The number of benzene rings is 1. The summed E-state index contributed by atoms with van der Waals surface area (Å²) in [7, 11) is -4.45. The molecule has 0 bridgehead atoms. The maximum atomic E-state index is 14.1. The van der Waals surface area contributed by atoms with Crippen LogP contribution in [0.4, 0.5) is 4.39 Å². The van der Waals surface area contributed by atoms with E-state index in [1.165, 1.54) is 12.1 Å². The van der Waals surface area contributed by atoms with Crippen LogP contribution in [0.1, 0.15) is 36.0 Å². The van der Waals surface area contributed by atoms with Crippen LogP contribution in [0.2, 0.25) is 0 Å². The second kappa shape index (κ2) is 7.33. The van der Waals surface area contributed by atoms with Gasteiger partial charge in [0.05, 0.1) is 4.88 Å². The molecule has 0 radical (unpaired) electrons. The Bertz CT molecular complexity index is 734. The second-order valence-electron chi connectivity index (χ2n) is 4.31. The van der Waals surface area contributed by atoms with E-state index in [1.807, 2.05) is 13.8 Å². The summed E-state index contributed by atoms with van der Waals surface area (Å²) in [4.78, 5) is 29.4. The Balaban J connectivity index is 0.00000116. The van der Waals surface area contributed by atoms with E-state index in [4.69, 9.17) is 9.79 Å². The third-order valence-electron chi connectivity index (χ3n) is 2.82. The number of Topliss-reactive ketones (excluding diaryl/α,β-unsaturated/α-hetero) is 1. The molecule has 2 rings (SSSR count). The minimum atomic E-state index is -4.45. The van der Waals surface area contributed by atoms with Crippen LogP contribution < -0.4 is 0 Å². The van der Waals surface area contributed by atoms with Crippen molar-refractivity contribution in [2.45, 2.75) is 27.2 Å². The SMILES string of the molecule is CC.CCc1c(O)cc2sc(C(=O)CP(=O)(O)O)cc2c1F. The van der Waals surface area contributed by atoms with Crippen molar-refractivity contribution in [2.75, 3.05) is 6.16 Å². The highest BCUT2D eigenvalue weighted by Gasteiger charge is 2.23. The Morgan fingerprint density at radius 2 is 1.91 bits per heavy atom. The van der Waals surface area contributed by atoms with Gasteiger partial charge in [-0.05, 0) is 18.6 Å². The fourth-order valence-electron chi connectivity index (χ4n) is 1.91. The van der Waals surface area contributed by atoms with Gasteiger partial charge in [-0.15, -0.1) is 11.3 Å². The number of carbonyl (C=O) groups is 1. The van der Waals surface area contributed by atoms with Gasteiger partial charge in [0.15, 0.2) is 5.78 Å². The Kier molecular flexibility index (Phi) is 6.26. The number of phenols is 1. The topological polar surface area (TPSA) is 94.8 Å². The van der Waals surface area contributed by atoms with E-state index < -0.39 is 25.4 Å². The van der Waals surface area contributed by atoms with Gasteiger partial charge in [0.2, 0.25) is 0 Å². The lowest BCUT2D eigenvalue weighted by molar-refractivity contribution is 0.101. The molecular formula is C14H18FO5PS. The summed E-state index contributed by atoms with van der Waals surface area (Å²) in [6.45, 7) is 5.69. The van der Waals surface area contributed by atoms with E-state index in [2.05, 4.69) is 0 Å². The van der Waals surface area contributed by atoms with Gasteiger partial charge in [-0.3, -0.25) is 9.36 Å². The molecule has 0 saturated heterocycles. The van der Waals surface area contributed by atoms with Gasteiger partial charge in [-0.25, -0.2) is 4.39 Å². The maximum Gasteiger partial charge on any atom is 0.333 e. The summed E-state index contributed by atoms with van der Waals surface area (Å²) in [5, 5.41) is 9.86. The van der Waals surface area contributed by atoms with Crippen molar-refractivity contribution < 1.29 is 28.6 Å². The number of halogens is 1. The van der Waals surface area contributed by atoms with Crippen molar-refractivity contribution in [3.8, 4) is 5.75 Å². The zero-order valence-electron chi connectivity index (χ0n) is 12.5. The second-order valence-corrected chi connectivity index (χ2v) is 7.04. The molecule has 0 aliphatic carbocycles. The molecule has 0 aliphatic heterocycles. The molecule has 1 heterocycles. The van der Waals surface area contributed by atoms with E-state index in [0.29, 0.717) is 11.1 Å². The molecule has 1 aromatic heterocycles. The van der Waals surface area contributed by atoms with E-state index in [1.54, 1.807) is 6.92 Å². The Morgan fingerprint density at radius 1 is 1.32 bits per heavy atom. The first-order chi connectivity index (χ1) is 10.2. The number of rotatable bonds is 4. The number of ketones is 1. The number of hydrogen-bond donors (Lipinski definition) is 3. The molecule has 0 atom stereocenters. The van der Waals surface area contributed by atoms with Crippen molar-refractivity contribution in [3.63, 3.8) is 0 Å². The third-order valence-corrected chi connectivity index (χ3v) is 4.64. The highest BCUT2D eigenvalue weighted by molar-refractivity contribution is 7.53. The van der Waals surface area contributed by atoms with Gasteiger partial charge in [-0.2, -0.15) is 0 Å². The predicted octanol–water partition coefficient (Wildman–Crippen LogP) is 3.70. The van der Waals surface area contributed by atoms with E-state index >= 15 is 0 Å². The van der Waals surface area contributed by atoms with Crippen molar-refractivity contribution in [1.29, 1.82) is 0 Å². The van der Waals surface area contributed by atoms with Crippen LogP contribution in [-0.4, -0.2) is 26.8 Å². The number of thiophene rings is 1. The van der Waals surface area contributed by atoms with Gasteiger partial charge < -0.3 is 14.9 Å². The average Bonchev–Trinajstić information content (AvgIpc) is 2.84. The van der Waals surface area contributed by atoms with Crippen LogP contribution in [0.25, 0.3) is 10.1 Å². The van der Waals surface area contributed by atoms with Gasteiger partial charge in [-0.1, -0.05) is 20.8 Å². The molecule has 0 saturated carbocycles. The fraction of sp³-hybridized carbons (Fsp3) is 0.357. The Labute approximate surface area is 131 Å². The van der Waals surface area contributed by atoms with Gasteiger partial charge in [0.25, 0.3) is 0 Å². The van der Waals surface area contributed by atoms with Crippen LogP contribution >= 0.6 is 18.9 Å². The van der Waals surface area contributed by atoms with Gasteiger partial charge in [0.1, 0.15) is 17.7 Å². The minimum Gasteiger partial charge on any atom is -0.508 e. The fourth-order valence-corrected chi connectivity index (χ4v) is 3.59. The summed E-state index contributed by atoms with van der Waals surface area (Å²) in [5.74, 6) is -1.53. The van der Waals surface area contributed by atoms with Crippen LogP contribution in [0, 0.1) is 5.82 Å². The van der Waals surface area contributed by atoms with Gasteiger partial charge in [0, 0.05) is 15.6 Å². The first-order valence-electron chi connectivity index (χ1n) is 6.74. The zero-order valence-corrected chi connectivity index (χ0v) is 14.2. The Morgan fingerprint density at radius 3 is 2.41 bits per heavy atom. The lowest BCUT2D eigenvalue weighted by atomic mass is 10.1. The summed E-state index contributed by atoms with van der Waals surface area (Å²) in [6, 6.07) is 2.63. The van der Waals surface area contributed by atoms with Crippen molar-refractivity contribution in [2.24, 2.45) is 0 Å². The highest BCUT2D eigenvalue weighted by Crippen LogP contribution is 2.38. The average molecular weight is 348 g/mol. The summed E-state index contributed by atoms with van der Waals surface area (Å²) in [6.07, 6.45) is -0.608. The van der Waals surface area contributed by atoms with Crippen LogP contribution in [-0.2, 0) is 11.0 Å². The predicted molar refractivity (Wildman–Crippen MR) is 85.4 cm³/mol. The quantitative estimate of drug-likeness (QED) is 0.578. The molecule has 8 heteroatoms. The van der Waals surface area contributed by atoms with Crippen LogP contribution in [0.15, 0.2) is 12.1 Å². The number of carbonyl (C=O) groups excluding carboxylic acids is 1.